The Balaban J connectivity index is 1.96. The van der Waals surface area contributed by atoms with Gasteiger partial charge in [-0.05, 0) is 37.2 Å². The molecule has 0 aliphatic carbocycles. The molecule has 0 N–H and O–H groups in total. The minimum absolute atomic E-state index is 0.212. The number of carbonyl (C=O) groups excluding carboxylic acids is 1. The Labute approximate surface area is 101 Å². The first-order valence-electron chi connectivity index (χ1n) is 5.93. The number of imidazole rings is 1. The lowest BCUT2D eigenvalue weighted by atomic mass is 9.96. The van der Waals surface area contributed by atoms with Crippen molar-refractivity contribution in [3.05, 3.63) is 18.2 Å². The van der Waals surface area contributed by atoms with Gasteiger partial charge >= 0.3 is 0 Å². The minimum Gasteiger partial charge on any atom is -0.329 e. The highest BCUT2D eigenvalue weighted by molar-refractivity contribution is 7.99. The molecule has 0 atom stereocenters. The Morgan fingerprint density at radius 3 is 3.00 bits per heavy atom. The predicted octanol–water partition coefficient (Wildman–Crippen LogP) is 2.62. The number of hydrogen-bond donors (Lipinski definition) is 0. The molecule has 1 aliphatic heterocycles. The maximum absolute atomic E-state index is 12.1. The molecule has 1 aliphatic rings. The van der Waals surface area contributed by atoms with E-state index < -0.39 is 0 Å². The van der Waals surface area contributed by atoms with Crippen molar-refractivity contribution in [2.45, 2.75) is 32.7 Å². The highest BCUT2D eigenvalue weighted by Crippen LogP contribution is 2.26. The van der Waals surface area contributed by atoms with E-state index in [1.165, 1.54) is 24.3 Å². The molecule has 0 saturated carbocycles. The van der Waals surface area contributed by atoms with Crippen molar-refractivity contribution in [3.8, 4) is 0 Å². The summed E-state index contributed by atoms with van der Waals surface area (Å²) in [5.74, 6) is 3.85. The molecule has 0 spiro atoms. The van der Waals surface area contributed by atoms with Gasteiger partial charge in [-0.2, -0.15) is 11.8 Å². The SMILES string of the molecule is CCn1ccnc1C(=O)CC1CCSCC1. The van der Waals surface area contributed by atoms with Gasteiger partial charge in [0.25, 0.3) is 0 Å². The lowest BCUT2D eigenvalue weighted by Crippen LogP contribution is -2.17. The average Bonchev–Trinajstić information content (AvgIpc) is 2.78. The molecule has 0 unspecified atom stereocenters. The van der Waals surface area contributed by atoms with Crippen LogP contribution in [0.5, 0.6) is 0 Å². The topological polar surface area (TPSA) is 34.9 Å². The third-order valence-electron chi connectivity index (χ3n) is 3.12. The van der Waals surface area contributed by atoms with Crippen molar-refractivity contribution in [1.29, 1.82) is 0 Å². The third kappa shape index (κ3) is 2.67. The van der Waals surface area contributed by atoms with Gasteiger partial charge in [0.05, 0.1) is 0 Å². The zero-order valence-electron chi connectivity index (χ0n) is 9.69. The summed E-state index contributed by atoms with van der Waals surface area (Å²) in [6.07, 6.45) is 6.64. The zero-order valence-corrected chi connectivity index (χ0v) is 10.5. The number of Topliss-reactive ketones (excluding diaryl/α,β-unsaturated/α-hetero) is 1. The quantitative estimate of drug-likeness (QED) is 0.756. The Morgan fingerprint density at radius 2 is 2.31 bits per heavy atom. The van der Waals surface area contributed by atoms with Gasteiger partial charge in [0.1, 0.15) is 0 Å². The van der Waals surface area contributed by atoms with E-state index in [-0.39, 0.29) is 5.78 Å². The number of thioether (sulfide) groups is 1. The van der Waals surface area contributed by atoms with Crippen LogP contribution in [-0.2, 0) is 6.54 Å². The van der Waals surface area contributed by atoms with Crippen LogP contribution in [0.15, 0.2) is 12.4 Å². The summed E-state index contributed by atoms with van der Waals surface area (Å²) in [7, 11) is 0. The van der Waals surface area contributed by atoms with Crippen LogP contribution >= 0.6 is 11.8 Å². The van der Waals surface area contributed by atoms with E-state index >= 15 is 0 Å². The number of ketones is 1. The highest BCUT2D eigenvalue weighted by atomic mass is 32.2. The van der Waals surface area contributed by atoms with E-state index in [1.807, 2.05) is 29.4 Å². The van der Waals surface area contributed by atoms with Crippen molar-refractivity contribution in [3.63, 3.8) is 0 Å². The number of aryl methyl sites for hydroxylation is 1. The minimum atomic E-state index is 0.212. The van der Waals surface area contributed by atoms with Crippen LogP contribution in [0.2, 0.25) is 0 Å². The van der Waals surface area contributed by atoms with Crippen LogP contribution in [0.1, 0.15) is 36.8 Å². The molecule has 0 aromatic carbocycles. The molecule has 1 aromatic rings. The lowest BCUT2D eigenvalue weighted by Gasteiger charge is -2.20. The molecule has 88 valence electrons. The number of carbonyl (C=O) groups is 1. The van der Waals surface area contributed by atoms with Gasteiger partial charge in [-0.15, -0.1) is 0 Å². The summed E-state index contributed by atoms with van der Waals surface area (Å²) >= 11 is 2.00. The van der Waals surface area contributed by atoms with E-state index in [0.717, 1.165) is 6.54 Å². The number of hydrogen-bond acceptors (Lipinski definition) is 3. The second-order valence-electron chi connectivity index (χ2n) is 4.22. The summed E-state index contributed by atoms with van der Waals surface area (Å²) in [4.78, 5) is 16.2. The van der Waals surface area contributed by atoms with Gasteiger partial charge in [0.15, 0.2) is 11.6 Å². The first-order chi connectivity index (χ1) is 7.81. The van der Waals surface area contributed by atoms with E-state index in [0.29, 0.717) is 18.2 Å². The second-order valence-corrected chi connectivity index (χ2v) is 5.44. The van der Waals surface area contributed by atoms with Gasteiger partial charge in [0, 0.05) is 25.4 Å². The summed E-state index contributed by atoms with van der Waals surface area (Å²) in [5.41, 5.74) is 0. The Morgan fingerprint density at radius 1 is 1.56 bits per heavy atom. The van der Waals surface area contributed by atoms with Crippen molar-refractivity contribution in [2.24, 2.45) is 5.92 Å². The van der Waals surface area contributed by atoms with Crippen molar-refractivity contribution in [1.82, 2.24) is 9.55 Å². The molecule has 4 heteroatoms. The van der Waals surface area contributed by atoms with Crippen LogP contribution in [0.3, 0.4) is 0 Å². The lowest BCUT2D eigenvalue weighted by molar-refractivity contribution is 0.0944. The molecule has 1 fully saturated rings. The molecule has 2 heterocycles. The van der Waals surface area contributed by atoms with Crippen LogP contribution in [-0.4, -0.2) is 26.8 Å². The summed E-state index contributed by atoms with van der Waals surface area (Å²) < 4.78 is 1.93. The van der Waals surface area contributed by atoms with Gasteiger partial charge in [-0.3, -0.25) is 4.79 Å². The standard InChI is InChI=1S/C12H18N2OS/c1-2-14-6-5-13-12(14)11(15)9-10-3-7-16-8-4-10/h5-6,10H,2-4,7-9H2,1H3. The Bertz CT molecular complexity index is 356. The maximum Gasteiger partial charge on any atom is 0.198 e. The highest BCUT2D eigenvalue weighted by Gasteiger charge is 2.20. The van der Waals surface area contributed by atoms with Crippen molar-refractivity contribution >= 4 is 17.5 Å². The molecule has 16 heavy (non-hydrogen) atoms. The predicted molar refractivity (Wildman–Crippen MR) is 66.9 cm³/mol. The first kappa shape index (κ1) is 11.7. The van der Waals surface area contributed by atoms with Crippen molar-refractivity contribution in [2.75, 3.05) is 11.5 Å². The number of rotatable bonds is 4. The molecule has 0 amide bonds. The van der Waals surface area contributed by atoms with E-state index in [9.17, 15) is 4.79 Å². The molecule has 0 radical (unpaired) electrons. The van der Waals surface area contributed by atoms with Gasteiger partial charge in [-0.25, -0.2) is 4.98 Å². The fraction of sp³-hybridized carbons (Fsp3) is 0.667. The zero-order chi connectivity index (χ0) is 11.4. The largest absolute Gasteiger partial charge is 0.329 e. The van der Waals surface area contributed by atoms with E-state index in [1.54, 1.807) is 6.20 Å². The van der Waals surface area contributed by atoms with E-state index in [2.05, 4.69) is 4.98 Å². The molecule has 1 aromatic heterocycles. The van der Waals surface area contributed by atoms with Gasteiger partial charge in [0.2, 0.25) is 0 Å². The molecular formula is C12H18N2OS. The molecular weight excluding hydrogens is 220 g/mol. The van der Waals surface area contributed by atoms with Crippen LogP contribution < -0.4 is 0 Å². The monoisotopic (exact) mass is 238 g/mol. The van der Waals surface area contributed by atoms with Gasteiger partial charge in [-0.1, -0.05) is 0 Å². The number of nitrogens with zero attached hydrogens (tertiary/aromatic N) is 2. The Kier molecular flexibility index (Phi) is 4.04. The summed E-state index contributed by atoms with van der Waals surface area (Å²) in [6, 6.07) is 0. The fourth-order valence-electron chi connectivity index (χ4n) is 2.12. The van der Waals surface area contributed by atoms with Gasteiger partial charge < -0.3 is 4.57 Å². The smallest absolute Gasteiger partial charge is 0.198 e. The maximum atomic E-state index is 12.1. The first-order valence-corrected chi connectivity index (χ1v) is 7.08. The normalized spacial score (nSPS) is 17.6. The number of aromatic nitrogens is 2. The summed E-state index contributed by atoms with van der Waals surface area (Å²) in [5, 5.41) is 0. The van der Waals surface area contributed by atoms with E-state index in [4.69, 9.17) is 0 Å². The van der Waals surface area contributed by atoms with Crippen LogP contribution in [0, 0.1) is 5.92 Å². The van der Waals surface area contributed by atoms with Crippen LogP contribution in [0.25, 0.3) is 0 Å². The average molecular weight is 238 g/mol. The fourth-order valence-corrected chi connectivity index (χ4v) is 3.32. The third-order valence-corrected chi connectivity index (χ3v) is 4.17. The molecule has 3 nitrogen and oxygen atoms in total. The molecule has 0 bridgehead atoms. The molecule has 1 saturated heterocycles. The van der Waals surface area contributed by atoms with Crippen molar-refractivity contribution < 1.29 is 4.79 Å². The second kappa shape index (κ2) is 5.53. The molecule has 2 rings (SSSR count). The summed E-state index contributed by atoms with van der Waals surface area (Å²) in [6.45, 7) is 2.86. The Hall–Kier alpha value is -0.770. The van der Waals surface area contributed by atoms with Crippen LogP contribution in [0.4, 0.5) is 0 Å².